The molecule has 29 nitrogen and oxygen atoms in total. The number of aromatic amines is 2. The van der Waals surface area contributed by atoms with Crippen molar-refractivity contribution in [2.45, 2.75) is 216 Å². The average molecular weight is 1330 g/mol. The minimum absolute atomic E-state index is 0.0302. The number of benzene rings is 1. The number of aliphatic hydroxyl groups excluding tert-OH is 1. The van der Waals surface area contributed by atoms with E-state index in [9.17, 15) is 38.7 Å². The Morgan fingerprint density at radius 3 is 1.54 bits per heavy atom. The second-order valence-electron chi connectivity index (χ2n) is 28.2. The fourth-order valence-corrected chi connectivity index (χ4v) is 11.9. The van der Waals surface area contributed by atoms with Gasteiger partial charge in [-0.3, -0.25) is 52.7 Å². The van der Waals surface area contributed by atoms with Crippen LogP contribution in [0.2, 0.25) is 0 Å². The molecule has 1 saturated heterocycles. The van der Waals surface area contributed by atoms with Gasteiger partial charge in [-0.25, -0.2) is 4.98 Å². The van der Waals surface area contributed by atoms with Gasteiger partial charge in [-0.05, 0) is 111 Å². The third-order valence-corrected chi connectivity index (χ3v) is 17.6. The lowest BCUT2D eigenvalue weighted by Crippen LogP contribution is -2.63. The van der Waals surface area contributed by atoms with E-state index in [0.29, 0.717) is 28.2 Å². The molecular formula is C66H109N17O12. The van der Waals surface area contributed by atoms with Crippen LogP contribution in [0.4, 0.5) is 0 Å². The highest BCUT2D eigenvalue weighted by atomic mass is 16.3. The van der Waals surface area contributed by atoms with E-state index in [1.54, 1.807) is 59.7 Å². The van der Waals surface area contributed by atoms with Crippen LogP contribution >= 0.6 is 0 Å². The molecule has 0 unspecified atom stereocenters. The summed E-state index contributed by atoms with van der Waals surface area (Å²) in [5, 5.41) is 40.3. The largest absolute Gasteiger partial charge is 0.390 e. The number of hydrogen-bond acceptors (Lipinski definition) is 16. The van der Waals surface area contributed by atoms with E-state index in [-0.39, 0.29) is 62.2 Å². The van der Waals surface area contributed by atoms with Crippen LogP contribution in [0.3, 0.4) is 0 Å². The third-order valence-electron chi connectivity index (χ3n) is 17.6. The number of carbonyl (C=O) groups is 11. The number of aliphatic hydroxyl groups is 1. The van der Waals surface area contributed by atoms with E-state index in [1.165, 1.54) is 80.6 Å². The van der Waals surface area contributed by atoms with E-state index < -0.39 is 156 Å². The predicted molar refractivity (Wildman–Crippen MR) is 357 cm³/mol. The van der Waals surface area contributed by atoms with Crippen molar-refractivity contribution < 1.29 is 57.8 Å². The van der Waals surface area contributed by atoms with Gasteiger partial charge in [0.25, 0.3) is 0 Å². The molecule has 4 rings (SSSR count). The Morgan fingerprint density at radius 2 is 1.02 bits per heavy atom. The molecule has 95 heavy (non-hydrogen) atoms. The zero-order valence-electron chi connectivity index (χ0n) is 60.0. The SMILES string of the molecule is CC[C@@H]1NC(=O)[C@H]([C@H](O)[C@H](C)Cc2nc3ccc(-c4nn[nH]n4)cc3[nH]2)NC(=O)[C@H](C(C)C)N(C)C(=O)[C@H](CC(C)C)N(C)C(=O)[C@H](CC(C)C)N(C)C(=O)[C@@H](C)NC(=O)[C@H](C)NC(=O)[C@H](CC(C)C)N(C)C(=O)[C@H](C(C)C)NC(=O)[C@H](CC(C)C)N(C)C(=O)CN(C)C1=O. The van der Waals surface area contributed by atoms with Gasteiger partial charge < -0.3 is 66.1 Å². The molecular weight excluding hydrogens is 1220 g/mol. The molecule has 1 fully saturated rings. The zero-order valence-corrected chi connectivity index (χ0v) is 60.0. The Balaban J connectivity index is 1.88. The number of nitrogens with one attached hydrogen (secondary N) is 7. The second-order valence-corrected chi connectivity index (χ2v) is 28.2. The number of H-pyrrole nitrogens is 2. The first kappa shape index (κ1) is 79.3. The van der Waals surface area contributed by atoms with Crippen molar-refractivity contribution in [2.24, 2.45) is 41.4 Å². The van der Waals surface area contributed by atoms with Gasteiger partial charge in [0.15, 0.2) is 0 Å². The van der Waals surface area contributed by atoms with Crippen LogP contribution < -0.4 is 26.6 Å². The summed E-state index contributed by atoms with van der Waals surface area (Å²) in [4.78, 5) is 176. The third kappa shape index (κ3) is 20.9. The van der Waals surface area contributed by atoms with Crippen molar-refractivity contribution in [2.75, 3.05) is 48.8 Å². The number of rotatable bonds is 16. The highest BCUT2D eigenvalue weighted by Gasteiger charge is 2.44. The van der Waals surface area contributed by atoms with Gasteiger partial charge >= 0.3 is 0 Å². The van der Waals surface area contributed by atoms with Crippen LogP contribution in [-0.2, 0) is 59.2 Å². The Labute approximate surface area is 559 Å². The van der Waals surface area contributed by atoms with Crippen molar-refractivity contribution in [3.63, 3.8) is 0 Å². The lowest BCUT2D eigenvalue weighted by molar-refractivity contribution is -0.154. The number of likely N-dealkylation sites (N-methyl/N-ethyl adjacent to an activating group) is 6. The number of amides is 11. The summed E-state index contributed by atoms with van der Waals surface area (Å²) in [6.45, 7) is 27.2. The summed E-state index contributed by atoms with van der Waals surface area (Å²) in [7, 11) is 8.47. The molecule has 1 aliphatic rings. The van der Waals surface area contributed by atoms with E-state index >= 15 is 19.2 Å². The second kappa shape index (κ2) is 35.0. The zero-order chi connectivity index (χ0) is 71.9. The predicted octanol–water partition coefficient (Wildman–Crippen LogP) is 2.26. The van der Waals surface area contributed by atoms with E-state index in [2.05, 4.69) is 52.2 Å². The maximum absolute atomic E-state index is 15.2. The maximum atomic E-state index is 15.2. The highest BCUT2D eigenvalue weighted by Crippen LogP contribution is 2.26. The number of aromatic nitrogens is 6. The monoisotopic (exact) mass is 1330 g/mol. The summed E-state index contributed by atoms with van der Waals surface area (Å²) < 4.78 is 0. The van der Waals surface area contributed by atoms with Gasteiger partial charge in [-0.2, -0.15) is 5.21 Å². The lowest BCUT2D eigenvalue weighted by atomic mass is 9.92. The van der Waals surface area contributed by atoms with Gasteiger partial charge in [0.2, 0.25) is 70.8 Å². The summed E-state index contributed by atoms with van der Waals surface area (Å²) in [6.07, 6.45) is -1.16. The topological polar surface area (TPSA) is 371 Å². The quantitative estimate of drug-likeness (QED) is 0.102. The Bertz CT molecular complexity index is 3150. The molecule has 1 aromatic carbocycles. The average Bonchev–Trinajstić information content (AvgIpc) is 1.80. The van der Waals surface area contributed by atoms with Crippen LogP contribution in [0.25, 0.3) is 22.4 Å². The molecule has 3 heterocycles. The van der Waals surface area contributed by atoms with Crippen molar-refractivity contribution in [3.05, 3.63) is 24.0 Å². The summed E-state index contributed by atoms with van der Waals surface area (Å²) in [5.41, 5.74) is 1.82. The van der Waals surface area contributed by atoms with Gasteiger partial charge in [0.05, 0.1) is 23.7 Å². The number of hydrogen-bond donors (Lipinski definition) is 8. The first-order valence-electron chi connectivity index (χ1n) is 33.2. The van der Waals surface area contributed by atoms with Crippen LogP contribution in [0.1, 0.15) is 149 Å². The molecule has 29 heteroatoms. The molecule has 0 aliphatic carbocycles. The number of fused-ring (bicyclic) bond motifs is 1. The first-order valence-corrected chi connectivity index (χ1v) is 33.2. The van der Waals surface area contributed by atoms with Crippen molar-refractivity contribution in [3.8, 4) is 11.4 Å². The fraction of sp³-hybridized carbons (Fsp3) is 0.712. The molecule has 0 radical (unpaired) electrons. The van der Waals surface area contributed by atoms with Crippen LogP contribution in [-0.4, -0.2) is 245 Å². The molecule has 3 aromatic rings. The standard InChI is InChI=1S/C66H109N17O12/c1-23-43-63(92)78(17)32-51(84)79(18)46(26-33(2)3)59(88)72-52(37(10)11)66(95)80(19)47(27-34(4)5)58(87)67-40(15)57(86)68-41(16)62(91)81(20)48(28-35(6)7)64(93)82(21)49(29-36(8)9)65(94)83(22)54(38(12)13)61(90)73-53(60(89)71-43)55(85)39(14)30-50-69-44-25-24-42(31-45(44)70-50)56-74-76-77-75-56/h24-25,31,33-41,43,46-49,52-55,85H,23,26-30,32H2,1-22H3,(H,67,87)(H,68,86)(H,69,70)(H,71,89)(H,72,88)(H,73,90)(H,74,75,76,77)/t39-,40+,41-,43+,46+,47+,48+,49+,52+,53+,54+,55-/m1/s1. The van der Waals surface area contributed by atoms with Crippen LogP contribution in [0.15, 0.2) is 18.2 Å². The molecule has 0 spiro atoms. The Kier molecular flexibility index (Phi) is 29.3. The molecule has 8 N–H and O–H groups in total. The van der Waals surface area contributed by atoms with Gasteiger partial charge in [-0.15, -0.1) is 10.2 Å². The minimum Gasteiger partial charge on any atom is -0.390 e. The molecule has 530 valence electrons. The lowest BCUT2D eigenvalue weighted by Gasteiger charge is -2.40. The molecule has 0 bridgehead atoms. The summed E-state index contributed by atoms with van der Waals surface area (Å²) >= 11 is 0. The smallest absolute Gasteiger partial charge is 0.245 e. The van der Waals surface area contributed by atoms with Gasteiger partial charge in [0, 0.05) is 54.3 Å². The van der Waals surface area contributed by atoms with E-state index in [1.807, 2.05) is 55.4 Å². The highest BCUT2D eigenvalue weighted by molar-refractivity contribution is 5.99. The van der Waals surface area contributed by atoms with Crippen LogP contribution in [0, 0.1) is 41.4 Å². The molecule has 12 atom stereocenters. The molecule has 1 aliphatic heterocycles. The summed E-state index contributed by atoms with van der Waals surface area (Å²) in [5.74, 6) is -9.83. The Hall–Kier alpha value is -8.11. The summed E-state index contributed by atoms with van der Waals surface area (Å²) in [6, 6.07) is -7.56. The van der Waals surface area contributed by atoms with Crippen molar-refractivity contribution >= 4 is 76.0 Å². The number of imidazole rings is 1. The first-order chi connectivity index (χ1) is 44.2. The van der Waals surface area contributed by atoms with Crippen LogP contribution in [0.5, 0.6) is 0 Å². The molecule has 0 saturated carbocycles. The van der Waals surface area contributed by atoms with E-state index in [0.717, 1.165) is 4.90 Å². The normalized spacial score (nSPS) is 25.2. The number of carbonyl (C=O) groups excluding carboxylic acids is 11. The number of nitrogens with zero attached hydrogens (tertiary/aromatic N) is 10. The Morgan fingerprint density at radius 1 is 0.526 bits per heavy atom. The van der Waals surface area contributed by atoms with E-state index in [4.69, 9.17) is 4.98 Å². The number of tetrazole rings is 1. The van der Waals surface area contributed by atoms with Gasteiger partial charge in [0.1, 0.15) is 66.2 Å². The minimum atomic E-state index is -1.79. The van der Waals surface area contributed by atoms with Gasteiger partial charge in [-0.1, -0.05) is 96.9 Å². The van der Waals surface area contributed by atoms with Crippen molar-refractivity contribution in [1.82, 2.24) is 86.6 Å². The molecule has 11 amide bonds. The maximum Gasteiger partial charge on any atom is 0.245 e. The van der Waals surface area contributed by atoms with Crippen molar-refractivity contribution in [1.29, 1.82) is 0 Å². The molecule has 2 aromatic heterocycles. The fourth-order valence-electron chi connectivity index (χ4n) is 11.9.